The molecule has 36 heavy (non-hydrogen) atoms. The minimum atomic E-state index is -4.59. The van der Waals surface area contributed by atoms with E-state index >= 15 is 0 Å². The van der Waals surface area contributed by atoms with Crippen molar-refractivity contribution in [2.24, 2.45) is 0 Å². The third-order valence-electron chi connectivity index (χ3n) is 4.67. The highest BCUT2D eigenvalue weighted by atomic mass is 31.2. The van der Waals surface area contributed by atoms with E-state index in [1.54, 1.807) is 6.92 Å². The predicted molar refractivity (Wildman–Crippen MR) is 136 cm³/mol. The SMILES string of the molecule is CC/C=C\C/C=C\C/C=C\CCCCCC(=O)OC(CO)COP(=O)(O)OCC(CO)OC(=O)CC. The number of aliphatic hydroxyl groups excluding tert-OH is 2. The topological polar surface area (TPSA) is 149 Å². The van der Waals surface area contributed by atoms with E-state index in [0.29, 0.717) is 6.42 Å². The van der Waals surface area contributed by atoms with Gasteiger partial charge in [-0.2, -0.15) is 0 Å². The molecule has 0 fully saturated rings. The number of aliphatic hydroxyl groups is 2. The molecule has 3 atom stereocenters. The van der Waals surface area contributed by atoms with E-state index in [2.05, 4.69) is 43.4 Å². The molecular weight excluding hydrogens is 491 g/mol. The summed E-state index contributed by atoms with van der Waals surface area (Å²) in [5, 5.41) is 18.5. The number of phosphoric acid groups is 1. The van der Waals surface area contributed by atoms with Gasteiger partial charge in [0.15, 0.2) is 0 Å². The Hall–Kier alpha value is -1.81. The van der Waals surface area contributed by atoms with Gasteiger partial charge >= 0.3 is 19.8 Å². The molecule has 0 rings (SSSR count). The van der Waals surface area contributed by atoms with Crippen molar-refractivity contribution >= 4 is 19.8 Å². The van der Waals surface area contributed by atoms with Crippen LogP contribution in [0.5, 0.6) is 0 Å². The largest absolute Gasteiger partial charge is 0.472 e. The van der Waals surface area contributed by atoms with E-state index in [1.807, 2.05) is 0 Å². The van der Waals surface area contributed by atoms with Gasteiger partial charge in [0.25, 0.3) is 0 Å². The number of rotatable bonds is 22. The average Bonchev–Trinajstić information content (AvgIpc) is 2.86. The number of hydrogen-bond acceptors (Lipinski definition) is 9. The molecule has 0 saturated heterocycles. The summed E-state index contributed by atoms with van der Waals surface area (Å²) in [5.74, 6) is -1.15. The van der Waals surface area contributed by atoms with Crippen LogP contribution in [0.25, 0.3) is 0 Å². The minimum Gasteiger partial charge on any atom is -0.457 e. The molecule has 3 unspecified atom stereocenters. The number of phosphoric ester groups is 1. The van der Waals surface area contributed by atoms with Crippen LogP contribution in [-0.4, -0.2) is 65.7 Å². The monoisotopic (exact) mass is 534 g/mol. The maximum Gasteiger partial charge on any atom is 0.472 e. The molecule has 208 valence electrons. The van der Waals surface area contributed by atoms with Crippen molar-refractivity contribution in [2.45, 2.75) is 83.8 Å². The van der Waals surface area contributed by atoms with Gasteiger partial charge in [-0.05, 0) is 38.5 Å². The Bertz CT molecular complexity index is 720. The molecule has 0 bridgehead atoms. The molecule has 0 aliphatic heterocycles. The van der Waals surface area contributed by atoms with E-state index < -0.39 is 58.4 Å². The molecule has 10 nitrogen and oxygen atoms in total. The molecule has 0 spiro atoms. The van der Waals surface area contributed by atoms with Gasteiger partial charge in [-0.3, -0.25) is 18.6 Å². The fourth-order valence-corrected chi connectivity index (χ4v) is 3.47. The van der Waals surface area contributed by atoms with Crippen LogP contribution in [0.4, 0.5) is 0 Å². The van der Waals surface area contributed by atoms with E-state index in [9.17, 15) is 24.2 Å². The number of carbonyl (C=O) groups excluding carboxylic acids is 2. The number of ether oxygens (including phenoxy) is 2. The molecule has 0 aromatic heterocycles. The number of carbonyl (C=O) groups is 2. The smallest absolute Gasteiger partial charge is 0.457 e. The van der Waals surface area contributed by atoms with E-state index in [-0.39, 0.29) is 12.8 Å². The van der Waals surface area contributed by atoms with Gasteiger partial charge in [-0.15, -0.1) is 0 Å². The standard InChI is InChI=1S/C25H43O10P/c1-3-5-6-7-8-9-10-11-12-13-14-15-16-17-25(29)35-23(19-27)21-33-36(30,31)32-20-22(18-26)34-24(28)4-2/h5-6,8-9,11-12,22-23,26-27H,3-4,7,10,13-21H2,1-2H3,(H,30,31)/b6-5-,9-8-,12-11-. The van der Waals surface area contributed by atoms with Crippen LogP contribution in [0, 0.1) is 0 Å². The second kappa shape index (κ2) is 22.4. The molecule has 11 heteroatoms. The highest BCUT2D eigenvalue weighted by Crippen LogP contribution is 2.43. The first kappa shape index (κ1) is 34.2. The van der Waals surface area contributed by atoms with Crippen LogP contribution < -0.4 is 0 Å². The van der Waals surface area contributed by atoms with Gasteiger partial charge in [0.2, 0.25) is 0 Å². The third kappa shape index (κ3) is 20.4. The lowest BCUT2D eigenvalue weighted by Crippen LogP contribution is -2.28. The second-order valence-electron chi connectivity index (χ2n) is 7.90. The Morgan fingerprint density at radius 3 is 1.83 bits per heavy atom. The van der Waals surface area contributed by atoms with Gasteiger partial charge in [0, 0.05) is 12.8 Å². The van der Waals surface area contributed by atoms with Crippen LogP contribution in [0.2, 0.25) is 0 Å². The Kier molecular flexibility index (Phi) is 21.3. The summed E-state index contributed by atoms with van der Waals surface area (Å²) in [7, 11) is -4.59. The van der Waals surface area contributed by atoms with Crippen molar-refractivity contribution in [1.29, 1.82) is 0 Å². The molecule has 0 radical (unpaired) electrons. The van der Waals surface area contributed by atoms with Crippen molar-refractivity contribution in [3.63, 3.8) is 0 Å². The van der Waals surface area contributed by atoms with Crippen LogP contribution >= 0.6 is 7.82 Å². The van der Waals surface area contributed by atoms with Gasteiger partial charge in [-0.25, -0.2) is 4.57 Å². The van der Waals surface area contributed by atoms with Gasteiger partial charge in [0.1, 0.15) is 12.2 Å². The minimum absolute atomic E-state index is 0.0693. The summed E-state index contributed by atoms with van der Waals surface area (Å²) in [6.45, 7) is 1.32. The Balaban J connectivity index is 4.06. The van der Waals surface area contributed by atoms with Crippen molar-refractivity contribution < 1.29 is 47.8 Å². The van der Waals surface area contributed by atoms with Crippen LogP contribution in [0.3, 0.4) is 0 Å². The summed E-state index contributed by atoms with van der Waals surface area (Å²) in [6, 6.07) is 0. The highest BCUT2D eigenvalue weighted by Gasteiger charge is 2.27. The Morgan fingerprint density at radius 2 is 1.31 bits per heavy atom. The first-order valence-electron chi connectivity index (χ1n) is 12.4. The quantitative estimate of drug-likeness (QED) is 0.0800. The van der Waals surface area contributed by atoms with Gasteiger partial charge in [-0.1, -0.05) is 56.7 Å². The molecule has 0 aromatic rings. The van der Waals surface area contributed by atoms with E-state index in [0.717, 1.165) is 38.5 Å². The van der Waals surface area contributed by atoms with Crippen LogP contribution in [-0.2, 0) is 32.7 Å². The first-order valence-corrected chi connectivity index (χ1v) is 13.9. The number of unbranched alkanes of at least 4 members (excludes halogenated alkanes) is 3. The fraction of sp³-hybridized carbons (Fsp3) is 0.680. The summed E-state index contributed by atoms with van der Waals surface area (Å²) >= 11 is 0. The third-order valence-corrected chi connectivity index (χ3v) is 5.62. The molecular formula is C25H43O10P. The first-order chi connectivity index (χ1) is 17.3. The predicted octanol–water partition coefficient (Wildman–Crippen LogP) is 4.15. The van der Waals surface area contributed by atoms with E-state index in [4.69, 9.17) is 23.6 Å². The normalized spacial score (nSPS) is 15.4. The lowest BCUT2D eigenvalue weighted by molar-refractivity contribution is -0.153. The molecule has 3 N–H and O–H groups in total. The average molecular weight is 535 g/mol. The molecule has 0 aliphatic rings. The van der Waals surface area contributed by atoms with Crippen molar-refractivity contribution in [2.75, 3.05) is 26.4 Å². The zero-order chi connectivity index (χ0) is 27.1. The fourth-order valence-electron chi connectivity index (χ4n) is 2.69. The van der Waals surface area contributed by atoms with Crippen molar-refractivity contribution in [3.8, 4) is 0 Å². The maximum absolute atomic E-state index is 12.0. The van der Waals surface area contributed by atoms with Crippen LogP contribution in [0.1, 0.15) is 71.6 Å². The lowest BCUT2D eigenvalue weighted by atomic mass is 10.1. The second-order valence-corrected chi connectivity index (χ2v) is 9.35. The van der Waals surface area contributed by atoms with Crippen molar-refractivity contribution in [3.05, 3.63) is 36.5 Å². The number of esters is 2. The molecule has 0 aliphatic carbocycles. The van der Waals surface area contributed by atoms with Gasteiger partial charge in [0.05, 0.1) is 26.4 Å². The molecule has 0 saturated carbocycles. The summed E-state index contributed by atoms with van der Waals surface area (Å²) in [5.41, 5.74) is 0. The van der Waals surface area contributed by atoms with E-state index in [1.165, 1.54) is 0 Å². The molecule has 0 heterocycles. The zero-order valence-electron chi connectivity index (χ0n) is 21.5. The Morgan fingerprint density at radius 1 is 0.778 bits per heavy atom. The molecule has 0 aromatic carbocycles. The summed E-state index contributed by atoms with van der Waals surface area (Å²) in [4.78, 5) is 32.9. The lowest BCUT2D eigenvalue weighted by Gasteiger charge is -2.20. The maximum atomic E-state index is 12.0. The summed E-state index contributed by atoms with van der Waals surface area (Å²) < 4.78 is 31.3. The zero-order valence-corrected chi connectivity index (χ0v) is 22.4. The number of allylic oxidation sites excluding steroid dienone is 6. The van der Waals surface area contributed by atoms with Gasteiger partial charge < -0.3 is 24.6 Å². The van der Waals surface area contributed by atoms with Crippen molar-refractivity contribution in [1.82, 2.24) is 0 Å². The van der Waals surface area contributed by atoms with Crippen LogP contribution in [0.15, 0.2) is 36.5 Å². The molecule has 0 amide bonds. The number of hydrogen-bond donors (Lipinski definition) is 3. The summed E-state index contributed by atoms with van der Waals surface area (Å²) in [6.07, 6.45) is 17.0. The highest BCUT2D eigenvalue weighted by molar-refractivity contribution is 7.47. The Labute approximate surface area is 214 Å².